The Hall–Kier alpha value is -3.68. The van der Waals surface area contributed by atoms with Gasteiger partial charge in [0.15, 0.2) is 11.5 Å². The normalized spacial score (nSPS) is 13.9. The van der Waals surface area contributed by atoms with Gasteiger partial charge in [0.05, 0.1) is 11.4 Å². The highest BCUT2D eigenvalue weighted by atomic mass is 35.5. The fourth-order valence-corrected chi connectivity index (χ4v) is 7.34. The second-order valence-electron chi connectivity index (χ2n) is 13.4. The number of nitrogens with one attached hydrogen (secondary N) is 3. The van der Waals surface area contributed by atoms with Gasteiger partial charge in [-0.1, -0.05) is 88.4 Å². The van der Waals surface area contributed by atoms with Gasteiger partial charge in [0, 0.05) is 51.5 Å². The number of benzene rings is 3. The Kier molecular flexibility index (Phi) is 14.5. The number of sulfonamides is 1. The summed E-state index contributed by atoms with van der Waals surface area (Å²) in [6.45, 7) is 8.63. The van der Waals surface area contributed by atoms with Crippen LogP contribution in [0.15, 0.2) is 83.8 Å². The molecule has 4 N–H and O–H groups in total. The van der Waals surface area contributed by atoms with E-state index in [1.807, 2.05) is 88.4 Å². The molecule has 4 rings (SSSR count). The lowest BCUT2D eigenvalue weighted by molar-refractivity contribution is -0.125. The number of hydrogen-bond acceptors (Lipinski definition) is 8. The van der Waals surface area contributed by atoms with Gasteiger partial charge < -0.3 is 30.5 Å². The lowest BCUT2D eigenvalue weighted by atomic mass is 9.88. The third-order valence-electron chi connectivity index (χ3n) is 7.97. The smallest absolute Gasteiger partial charge is 0.245 e. The van der Waals surface area contributed by atoms with Crippen molar-refractivity contribution in [3.8, 4) is 11.5 Å². The van der Waals surface area contributed by atoms with Crippen LogP contribution < -0.4 is 25.4 Å². The summed E-state index contributed by atoms with van der Waals surface area (Å²) in [5, 5.41) is 21.2. The first-order valence-corrected chi connectivity index (χ1v) is 17.7. The Morgan fingerprint density at radius 2 is 1.53 bits per heavy atom. The molecule has 1 aliphatic rings. The highest BCUT2D eigenvalue weighted by Crippen LogP contribution is 2.37. The van der Waals surface area contributed by atoms with Crippen molar-refractivity contribution in [2.24, 2.45) is 11.3 Å². The molecule has 0 aromatic heterocycles. The van der Waals surface area contributed by atoms with Crippen LogP contribution in [-0.4, -0.2) is 68.3 Å². The molecule has 13 heteroatoms. The summed E-state index contributed by atoms with van der Waals surface area (Å²) in [7, 11) is -4.22. The van der Waals surface area contributed by atoms with E-state index in [0.717, 1.165) is 15.4 Å². The predicted octanol–water partition coefficient (Wildman–Crippen LogP) is 4.24. The Bertz CT molecular complexity index is 1620. The van der Waals surface area contributed by atoms with Crippen LogP contribution in [-0.2, 0) is 32.6 Å². The van der Waals surface area contributed by atoms with Crippen LogP contribution in [0.25, 0.3) is 0 Å². The summed E-state index contributed by atoms with van der Waals surface area (Å²) in [6, 6.07) is 23.4. The van der Waals surface area contributed by atoms with Crippen molar-refractivity contribution in [3.05, 3.63) is 90.0 Å². The number of halogens is 1. The number of hydrogen-bond donors (Lipinski definition) is 4. The fourth-order valence-electron chi connectivity index (χ4n) is 5.49. The van der Waals surface area contributed by atoms with Crippen LogP contribution in [0.1, 0.15) is 51.7 Å². The molecule has 3 aromatic rings. The van der Waals surface area contributed by atoms with E-state index in [-0.39, 0.29) is 80.7 Å². The minimum Gasteiger partial charge on any atom is -0.454 e. The van der Waals surface area contributed by atoms with Crippen LogP contribution in [0.3, 0.4) is 0 Å². The van der Waals surface area contributed by atoms with E-state index in [2.05, 4.69) is 16.0 Å². The quantitative estimate of drug-likeness (QED) is 0.143. The van der Waals surface area contributed by atoms with E-state index in [0.29, 0.717) is 24.6 Å². The van der Waals surface area contributed by atoms with E-state index in [1.54, 1.807) is 6.07 Å². The van der Waals surface area contributed by atoms with Crippen molar-refractivity contribution >= 4 is 34.2 Å². The minimum absolute atomic E-state index is 0. The standard InChI is InChI=1S/C36H48N4O7S.ClH/c1-27(2)24-40(48(44,45)30-15-16-31-32(19-30)47-26-46-31)36(43,20-28-11-7-5-8-12-28)17-18-38-33(41)21-35(3,4)25-39-34(42)23-37-22-29-13-9-6-10-14-29;/h5-16,19,27,37,43H,17-18,20-26H2,1-4H3,(H,38,41)(H,39,42);1H. The molecule has 1 aliphatic heterocycles. The maximum absolute atomic E-state index is 14.2. The van der Waals surface area contributed by atoms with Crippen molar-refractivity contribution in [2.45, 2.75) is 64.1 Å². The predicted molar refractivity (Wildman–Crippen MR) is 191 cm³/mol. The van der Waals surface area contributed by atoms with Gasteiger partial charge >= 0.3 is 0 Å². The zero-order valence-electron chi connectivity index (χ0n) is 28.6. The van der Waals surface area contributed by atoms with Crippen LogP contribution in [0.5, 0.6) is 11.5 Å². The molecular formula is C36H49ClN4O7S. The highest BCUT2D eigenvalue weighted by molar-refractivity contribution is 7.89. The average molecular weight is 717 g/mol. The van der Waals surface area contributed by atoms with Gasteiger partial charge in [-0.2, -0.15) is 4.31 Å². The van der Waals surface area contributed by atoms with Gasteiger partial charge in [0.1, 0.15) is 5.72 Å². The van der Waals surface area contributed by atoms with Gasteiger partial charge in [0.25, 0.3) is 0 Å². The average Bonchev–Trinajstić information content (AvgIpc) is 3.52. The monoisotopic (exact) mass is 716 g/mol. The summed E-state index contributed by atoms with van der Waals surface area (Å²) in [5.74, 6) is 0.220. The maximum Gasteiger partial charge on any atom is 0.245 e. The van der Waals surface area contributed by atoms with Gasteiger partial charge in [-0.3, -0.25) is 9.59 Å². The van der Waals surface area contributed by atoms with E-state index in [4.69, 9.17) is 9.47 Å². The summed E-state index contributed by atoms with van der Waals surface area (Å²) in [5.41, 5.74) is -0.595. The molecule has 0 saturated carbocycles. The fraction of sp³-hybridized carbons (Fsp3) is 0.444. The van der Waals surface area contributed by atoms with Gasteiger partial charge in [-0.15, -0.1) is 12.4 Å². The molecule has 3 aromatic carbocycles. The number of aliphatic hydroxyl groups is 1. The number of amides is 2. The van der Waals surface area contributed by atoms with Crippen LogP contribution in [0.4, 0.5) is 0 Å². The summed E-state index contributed by atoms with van der Waals surface area (Å²) in [4.78, 5) is 25.5. The van der Waals surface area contributed by atoms with E-state index >= 15 is 0 Å². The highest BCUT2D eigenvalue weighted by Gasteiger charge is 2.43. The van der Waals surface area contributed by atoms with Crippen molar-refractivity contribution in [1.82, 2.24) is 20.3 Å². The van der Waals surface area contributed by atoms with E-state index in [1.165, 1.54) is 12.1 Å². The lowest BCUT2D eigenvalue weighted by Crippen LogP contribution is -2.55. The molecule has 0 fully saturated rings. The van der Waals surface area contributed by atoms with Gasteiger partial charge in [-0.25, -0.2) is 8.42 Å². The number of ether oxygens (including phenoxy) is 2. The number of rotatable bonds is 18. The van der Waals surface area contributed by atoms with Crippen molar-refractivity contribution in [2.75, 3.05) is 33.0 Å². The molecular weight excluding hydrogens is 668 g/mol. The largest absolute Gasteiger partial charge is 0.454 e. The summed E-state index contributed by atoms with van der Waals surface area (Å²) >= 11 is 0. The maximum atomic E-state index is 14.2. The molecule has 1 heterocycles. The molecule has 0 spiro atoms. The molecule has 11 nitrogen and oxygen atoms in total. The van der Waals surface area contributed by atoms with Crippen molar-refractivity contribution in [1.29, 1.82) is 0 Å². The van der Waals surface area contributed by atoms with E-state index in [9.17, 15) is 23.1 Å². The van der Waals surface area contributed by atoms with Crippen LogP contribution in [0.2, 0.25) is 0 Å². The minimum atomic E-state index is -4.22. The molecule has 1 atom stereocenters. The SMILES string of the molecule is CC(C)CN(C(O)(CCNC(=O)CC(C)(C)CNC(=O)CNCc1ccccc1)Cc1ccccc1)S(=O)(=O)c1ccc2c(c1)OCO2.Cl. The van der Waals surface area contributed by atoms with Crippen molar-refractivity contribution in [3.63, 3.8) is 0 Å². The third-order valence-corrected chi connectivity index (χ3v) is 9.88. The molecule has 0 bridgehead atoms. The van der Waals surface area contributed by atoms with Gasteiger partial charge in [-0.05, 0) is 34.6 Å². The van der Waals surface area contributed by atoms with Crippen LogP contribution in [0, 0.1) is 11.3 Å². The second-order valence-corrected chi connectivity index (χ2v) is 15.3. The summed E-state index contributed by atoms with van der Waals surface area (Å²) < 4.78 is 40.3. The lowest BCUT2D eigenvalue weighted by Gasteiger charge is -2.40. The number of fused-ring (bicyclic) bond motifs is 1. The molecule has 49 heavy (non-hydrogen) atoms. The zero-order valence-corrected chi connectivity index (χ0v) is 30.2. The van der Waals surface area contributed by atoms with Crippen molar-refractivity contribution < 1.29 is 32.6 Å². The molecule has 0 radical (unpaired) electrons. The molecule has 0 saturated heterocycles. The topological polar surface area (TPSA) is 146 Å². The molecule has 2 amide bonds. The Morgan fingerprint density at radius 1 is 0.898 bits per heavy atom. The van der Waals surface area contributed by atoms with E-state index < -0.39 is 21.2 Å². The number of nitrogens with zero attached hydrogens (tertiary/aromatic N) is 1. The third kappa shape index (κ3) is 11.7. The molecule has 1 unspecified atom stereocenters. The number of carbonyl (C=O) groups is 2. The Morgan fingerprint density at radius 3 is 2.18 bits per heavy atom. The first-order valence-electron chi connectivity index (χ1n) is 16.2. The molecule has 0 aliphatic carbocycles. The first-order chi connectivity index (χ1) is 22.8. The Labute approximate surface area is 296 Å². The van der Waals surface area contributed by atoms with Crippen LogP contribution >= 0.6 is 12.4 Å². The summed E-state index contributed by atoms with van der Waals surface area (Å²) in [6.07, 6.45) is 0.0669. The first kappa shape index (κ1) is 39.8. The zero-order chi connectivity index (χ0) is 34.8. The second kappa shape index (κ2) is 17.8. The van der Waals surface area contributed by atoms with Gasteiger partial charge in [0.2, 0.25) is 28.6 Å². The molecule has 268 valence electrons. The number of carbonyl (C=O) groups excluding carboxylic acids is 2. The Balaban J connectivity index is 0.00000650.